The number of carbonyl (C=O) groups is 3. The Morgan fingerprint density at radius 1 is 1.33 bits per heavy atom. The molecule has 0 unspecified atom stereocenters. The largest absolute Gasteiger partial charge is 0.481 e. The number of nitrogens with zero attached hydrogens (tertiary/aromatic N) is 1. The molecule has 0 aliphatic heterocycles. The van der Waals surface area contributed by atoms with Gasteiger partial charge >= 0.3 is 18.0 Å². The van der Waals surface area contributed by atoms with E-state index in [1.165, 1.54) is 25.2 Å². The van der Waals surface area contributed by atoms with Crippen LogP contribution in [0.5, 0.6) is 0 Å². The van der Waals surface area contributed by atoms with E-state index in [0.29, 0.717) is 5.56 Å². The van der Waals surface area contributed by atoms with Crippen molar-refractivity contribution in [3.05, 3.63) is 35.6 Å². The van der Waals surface area contributed by atoms with Gasteiger partial charge in [0.25, 0.3) is 0 Å². The summed E-state index contributed by atoms with van der Waals surface area (Å²) in [6, 6.07) is 3.32. The number of rotatable bonds is 6. The van der Waals surface area contributed by atoms with Gasteiger partial charge in [0.1, 0.15) is 11.9 Å². The van der Waals surface area contributed by atoms with Crippen molar-refractivity contribution in [3.8, 4) is 0 Å². The number of halogens is 1. The molecule has 0 aliphatic carbocycles. The zero-order valence-electron chi connectivity index (χ0n) is 11.2. The normalized spacial score (nSPS) is 11.5. The van der Waals surface area contributed by atoms with E-state index in [1.54, 1.807) is 6.07 Å². The molecule has 0 fully saturated rings. The third kappa shape index (κ3) is 5.47. The number of hydrogen-bond donors (Lipinski definition) is 3. The van der Waals surface area contributed by atoms with Crippen LogP contribution in [0.15, 0.2) is 24.3 Å². The van der Waals surface area contributed by atoms with E-state index in [2.05, 4.69) is 5.32 Å². The molecule has 1 aromatic rings. The summed E-state index contributed by atoms with van der Waals surface area (Å²) in [5, 5.41) is 19.5. The molecule has 0 radical (unpaired) electrons. The summed E-state index contributed by atoms with van der Waals surface area (Å²) in [4.78, 5) is 34.3. The lowest BCUT2D eigenvalue weighted by Crippen LogP contribution is -2.47. The van der Waals surface area contributed by atoms with Crippen molar-refractivity contribution in [1.82, 2.24) is 10.2 Å². The summed E-state index contributed by atoms with van der Waals surface area (Å²) in [7, 11) is 1.39. The molecule has 7 nitrogen and oxygen atoms in total. The number of nitrogens with one attached hydrogen (secondary N) is 1. The number of urea groups is 1. The minimum Gasteiger partial charge on any atom is -0.481 e. The van der Waals surface area contributed by atoms with Crippen LogP contribution in [0.3, 0.4) is 0 Å². The van der Waals surface area contributed by atoms with Crippen molar-refractivity contribution >= 4 is 18.0 Å². The van der Waals surface area contributed by atoms with Gasteiger partial charge < -0.3 is 20.4 Å². The SMILES string of the molecule is CN(Cc1cccc(F)c1)C(=O)N[C@H](CC(=O)O)C(=O)O. The summed E-state index contributed by atoms with van der Waals surface area (Å²) in [5.74, 6) is -3.23. The number of carboxylic acid groups (broad SMARTS) is 2. The van der Waals surface area contributed by atoms with Gasteiger partial charge in [-0.2, -0.15) is 0 Å². The predicted octanol–water partition coefficient (Wildman–Crippen LogP) is 0.895. The topological polar surface area (TPSA) is 107 Å². The molecule has 114 valence electrons. The Hall–Kier alpha value is -2.64. The van der Waals surface area contributed by atoms with Crippen molar-refractivity contribution in [2.45, 2.75) is 19.0 Å². The van der Waals surface area contributed by atoms with E-state index in [9.17, 15) is 18.8 Å². The van der Waals surface area contributed by atoms with Gasteiger partial charge in [0.15, 0.2) is 0 Å². The molecular formula is C13H15FN2O5. The second-order valence-electron chi connectivity index (χ2n) is 4.42. The fraction of sp³-hybridized carbons (Fsp3) is 0.308. The van der Waals surface area contributed by atoms with E-state index in [-0.39, 0.29) is 6.54 Å². The maximum atomic E-state index is 13.0. The van der Waals surface area contributed by atoms with Crippen LogP contribution < -0.4 is 5.32 Å². The van der Waals surface area contributed by atoms with Gasteiger partial charge in [0, 0.05) is 13.6 Å². The first-order chi connectivity index (χ1) is 9.79. The summed E-state index contributed by atoms with van der Waals surface area (Å²) >= 11 is 0. The van der Waals surface area contributed by atoms with Gasteiger partial charge in [-0.15, -0.1) is 0 Å². The lowest BCUT2D eigenvalue weighted by atomic mass is 10.2. The van der Waals surface area contributed by atoms with Gasteiger partial charge in [-0.05, 0) is 17.7 Å². The van der Waals surface area contributed by atoms with Crippen LogP contribution in [0.4, 0.5) is 9.18 Å². The third-order valence-corrected chi connectivity index (χ3v) is 2.63. The summed E-state index contributed by atoms with van der Waals surface area (Å²) in [6.45, 7) is 0.0585. The van der Waals surface area contributed by atoms with Crippen molar-refractivity contribution in [3.63, 3.8) is 0 Å². The Labute approximate surface area is 120 Å². The molecule has 2 amide bonds. The van der Waals surface area contributed by atoms with Crippen LogP contribution in [-0.4, -0.2) is 46.2 Å². The third-order valence-electron chi connectivity index (χ3n) is 2.63. The standard InChI is InChI=1S/C13H15FN2O5/c1-16(7-8-3-2-4-9(14)5-8)13(21)15-10(12(19)20)6-11(17)18/h2-5,10H,6-7H2,1H3,(H,15,21)(H,17,18)(H,19,20)/t10-/m1/s1. The molecule has 1 rings (SSSR count). The monoisotopic (exact) mass is 298 g/mol. The number of aliphatic carboxylic acids is 2. The van der Waals surface area contributed by atoms with Crippen LogP contribution in [0.25, 0.3) is 0 Å². The van der Waals surface area contributed by atoms with Gasteiger partial charge in [-0.1, -0.05) is 12.1 Å². The molecule has 0 spiro atoms. The molecule has 0 aromatic heterocycles. The maximum Gasteiger partial charge on any atom is 0.326 e. The minimum absolute atomic E-state index is 0.0585. The van der Waals surface area contributed by atoms with E-state index in [0.717, 1.165) is 4.90 Å². The average Bonchev–Trinajstić information content (AvgIpc) is 2.37. The van der Waals surface area contributed by atoms with Crippen molar-refractivity contribution in [2.75, 3.05) is 7.05 Å². The highest BCUT2D eigenvalue weighted by Gasteiger charge is 2.24. The number of carbonyl (C=O) groups excluding carboxylic acids is 1. The van der Waals surface area contributed by atoms with E-state index >= 15 is 0 Å². The Morgan fingerprint density at radius 2 is 2.00 bits per heavy atom. The number of benzene rings is 1. The maximum absolute atomic E-state index is 13.0. The molecule has 0 saturated heterocycles. The molecule has 1 atom stereocenters. The molecule has 1 aromatic carbocycles. The molecule has 0 heterocycles. The molecule has 8 heteroatoms. The fourth-order valence-corrected chi connectivity index (χ4v) is 1.61. The Balaban J connectivity index is 2.64. The summed E-state index contributed by atoms with van der Waals surface area (Å²) < 4.78 is 13.0. The summed E-state index contributed by atoms with van der Waals surface area (Å²) in [5.41, 5.74) is 0.526. The van der Waals surface area contributed by atoms with E-state index in [1.807, 2.05) is 0 Å². The Kier molecular flexibility index (Phi) is 5.65. The smallest absolute Gasteiger partial charge is 0.326 e. The minimum atomic E-state index is -1.52. The fourth-order valence-electron chi connectivity index (χ4n) is 1.61. The van der Waals surface area contributed by atoms with E-state index in [4.69, 9.17) is 10.2 Å². The molecular weight excluding hydrogens is 283 g/mol. The summed E-state index contributed by atoms with van der Waals surface area (Å²) in [6.07, 6.45) is -0.727. The van der Waals surface area contributed by atoms with Crippen LogP contribution in [0.1, 0.15) is 12.0 Å². The average molecular weight is 298 g/mol. The lowest BCUT2D eigenvalue weighted by molar-refractivity contribution is -0.145. The van der Waals surface area contributed by atoms with Crippen LogP contribution in [0, 0.1) is 5.82 Å². The predicted molar refractivity (Wildman–Crippen MR) is 70.1 cm³/mol. The first kappa shape index (κ1) is 16.4. The highest BCUT2D eigenvalue weighted by atomic mass is 19.1. The zero-order valence-corrected chi connectivity index (χ0v) is 11.2. The van der Waals surface area contributed by atoms with Gasteiger partial charge in [-0.3, -0.25) is 4.79 Å². The molecule has 0 aliphatic rings. The highest BCUT2D eigenvalue weighted by molar-refractivity contribution is 5.86. The van der Waals surface area contributed by atoms with Crippen molar-refractivity contribution < 1.29 is 29.0 Å². The van der Waals surface area contributed by atoms with Crippen LogP contribution in [0.2, 0.25) is 0 Å². The van der Waals surface area contributed by atoms with Gasteiger partial charge in [-0.25, -0.2) is 14.0 Å². The molecule has 0 bridgehead atoms. The quantitative estimate of drug-likeness (QED) is 0.723. The van der Waals surface area contributed by atoms with E-state index < -0.39 is 36.2 Å². The number of amides is 2. The van der Waals surface area contributed by atoms with Gasteiger partial charge in [0.2, 0.25) is 0 Å². The molecule has 3 N–H and O–H groups in total. The molecule has 21 heavy (non-hydrogen) atoms. The first-order valence-corrected chi connectivity index (χ1v) is 6.00. The number of hydrogen-bond acceptors (Lipinski definition) is 3. The molecule has 0 saturated carbocycles. The number of carboxylic acids is 2. The van der Waals surface area contributed by atoms with Crippen molar-refractivity contribution in [1.29, 1.82) is 0 Å². The zero-order chi connectivity index (χ0) is 16.0. The van der Waals surface area contributed by atoms with Crippen LogP contribution >= 0.6 is 0 Å². The highest BCUT2D eigenvalue weighted by Crippen LogP contribution is 2.06. The second kappa shape index (κ2) is 7.22. The van der Waals surface area contributed by atoms with Crippen LogP contribution in [-0.2, 0) is 16.1 Å². The Morgan fingerprint density at radius 3 is 2.52 bits per heavy atom. The first-order valence-electron chi connectivity index (χ1n) is 6.00. The lowest BCUT2D eigenvalue weighted by Gasteiger charge is -2.20. The second-order valence-corrected chi connectivity index (χ2v) is 4.42. The Bertz CT molecular complexity index is 549. The van der Waals surface area contributed by atoms with Crippen molar-refractivity contribution in [2.24, 2.45) is 0 Å². The van der Waals surface area contributed by atoms with Gasteiger partial charge in [0.05, 0.1) is 6.42 Å².